The van der Waals surface area contributed by atoms with Crippen LogP contribution in [0.3, 0.4) is 0 Å². The maximum atomic E-state index is 13.1. The molecule has 1 aromatic carbocycles. The Bertz CT molecular complexity index is 823. The Balaban J connectivity index is 1.61. The lowest BCUT2D eigenvalue weighted by molar-refractivity contribution is -0.0878. The highest BCUT2D eigenvalue weighted by Crippen LogP contribution is 2.37. The Morgan fingerprint density at radius 2 is 1.93 bits per heavy atom. The molecule has 28 heavy (non-hydrogen) atoms. The number of hydrogen-bond donors (Lipinski definition) is 1. The normalized spacial score (nSPS) is 25.6. The van der Waals surface area contributed by atoms with E-state index in [0.717, 1.165) is 31.5 Å². The van der Waals surface area contributed by atoms with E-state index < -0.39 is 5.60 Å². The number of piperidine rings is 1. The van der Waals surface area contributed by atoms with Crippen LogP contribution in [0.25, 0.3) is 0 Å². The number of rotatable bonds is 4. The van der Waals surface area contributed by atoms with E-state index in [-0.39, 0.29) is 11.9 Å². The Morgan fingerprint density at radius 1 is 1.18 bits per heavy atom. The van der Waals surface area contributed by atoms with E-state index in [1.165, 1.54) is 0 Å². The zero-order valence-electron chi connectivity index (χ0n) is 16.3. The van der Waals surface area contributed by atoms with Gasteiger partial charge >= 0.3 is 0 Å². The molecule has 4 rings (SSSR count). The molecule has 2 saturated heterocycles. The van der Waals surface area contributed by atoms with Crippen molar-refractivity contribution >= 4 is 5.91 Å². The number of ether oxygens (including phenoxy) is 1. The predicted octanol–water partition coefficient (Wildman–Crippen LogP) is 2.29. The SMILES string of the molecule is COc1ccnc(C(=O)N2CC[C@](O)(c3ccccc3)[C@H](N3CCCC3)C2)c1. The first-order valence-corrected chi connectivity index (χ1v) is 9.93. The van der Waals surface area contributed by atoms with Gasteiger partial charge in [-0.2, -0.15) is 0 Å². The molecule has 6 heteroatoms. The second-order valence-electron chi connectivity index (χ2n) is 7.63. The van der Waals surface area contributed by atoms with Gasteiger partial charge in [0.1, 0.15) is 17.0 Å². The Hall–Kier alpha value is -2.44. The molecule has 1 amide bonds. The van der Waals surface area contributed by atoms with E-state index in [1.807, 2.05) is 35.2 Å². The molecule has 6 nitrogen and oxygen atoms in total. The van der Waals surface area contributed by atoms with Crippen molar-refractivity contribution in [3.63, 3.8) is 0 Å². The summed E-state index contributed by atoms with van der Waals surface area (Å²) in [5.74, 6) is 0.505. The summed E-state index contributed by atoms with van der Waals surface area (Å²) in [5.41, 5.74) is 0.354. The fraction of sp³-hybridized carbons (Fsp3) is 0.455. The minimum absolute atomic E-state index is 0.113. The van der Waals surface area contributed by atoms with Crippen LogP contribution >= 0.6 is 0 Å². The largest absolute Gasteiger partial charge is 0.497 e. The minimum Gasteiger partial charge on any atom is -0.497 e. The van der Waals surface area contributed by atoms with Crippen LogP contribution in [0.2, 0.25) is 0 Å². The maximum Gasteiger partial charge on any atom is 0.272 e. The average Bonchev–Trinajstić information content (AvgIpc) is 3.29. The van der Waals surface area contributed by atoms with Crippen LogP contribution in [0, 0.1) is 0 Å². The van der Waals surface area contributed by atoms with Crippen LogP contribution in [0.4, 0.5) is 0 Å². The Morgan fingerprint density at radius 3 is 2.64 bits per heavy atom. The lowest BCUT2D eigenvalue weighted by Gasteiger charge is -2.48. The second kappa shape index (κ2) is 7.89. The van der Waals surface area contributed by atoms with Crippen molar-refractivity contribution in [1.82, 2.24) is 14.8 Å². The minimum atomic E-state index is -0.954. The molecule has 2 aliphatic rings. The van der Waals surface area contributed by atoms with Crippen molar-refractivity contribution in [3.05, 3.63) is 59.9 Å². The van der Waals surface area contributed by atoms with Gasteiger partial charge in [-0.1, -0.05) is 30.3 Å². The standard InChI is InChI=1S/C22H27N3O3/c1-28-18-9-11-23-19(15-18)21(26)25-14-10-22(27,17-7-3-2-4-8-17)20(16-25)24-12-5-6-13-24/h2-4,7-9,11,15,20,27H,5-6,10,12-14,16H2,1H3/t20-,22+/m1/s1. The third-order valence-electron chi connectivity index (χ3n) is 6.04. The number of amides is 1. The fourth-order valence-corrected chi connectivity index (χ4v) is 4.46. The first-order chi connectivity index (χ1) is 13.6. The molecule has 1 aromatic heterocycles. The van der Waals surface area contributed by atoms with Crippen molar-refractivity contribution in [1.29, 1.82) is 0 Å². The van der Waals surface area contributed by atoms with Crippen LogP contribution in [-0.4, -0.2) is 65.1 Å². The van der Waals surface area contributed by atoms with Gasteiger partial charge in [0.05, 0.1) is 13.2 Å². The first-order valence-electron chi connectivity index (χ1n) is 9.93. The van der Waals surface area contributed by atoms with Crippen molar-refractivity contribution < 1.29 is 14.6 Å². The van der Waals surface area contributed by atoms with Gasteiger partial charge in [-0.05, 0) is 44.0 Å². The molecule has 3 heterocycles. The highest BCUT2D eigenvalue weighted by molar-refractivity contribution is 5.92. The molecule has 148 valence electrons. The molecular formula is C22H27N3O3. The van der Waals surface area contributed by atoms with Gasteiger partial charge in [-0.3, -0.25) is 14.7 Å². The van der Waals surface area contributed by atoms with Crippen molar-refractivity contribution in [2.45, 2.75) is 30.9 Å². The molecule has 2 fully saturated rings. The summed E-state index contributed by atoms with van der Waals surface area (Å²) < 4.78 is 5.23. The third-order valence-corrected chi connectivity index (χ3v) is 6.04. The number of carbonyl (C=O) groups excluding carboxylic acids is 1. The number of nitrogens with zero attached hydrogens (tertiary/aromatic N) is 3. The smallest absolute Gasteiger partial charge is 0.272 e. The summed E-state index contributed by atoms with van der Waals surface area (Å²) in [6.07, 6.45) is 4.36. The molecule has 0 spiro atoms. The molecule has 0 unspecified atom stereocenters. The third kappa shape index (κ3) is 3.50. The fourth-order valence-electron chi connectivity index (χ4n) is 4.46. The monoisotopic (exact) mass is 381 g/mol. The molecule has 2 atom stereocenters. The zero-order chi connectivity index (χ0) is 19.6. The Kier molecular flexibility index (Phi) is 5.33. The van der Waals surface area contributed by atoms with Crippen molar-refractivity contribution in [3.8, 4) is 5.75 Å². The highest BCUT2D eigenvalue weighted by atomic mass is 16.5. The summed E-state index contributed by atoms with van der Waals surface area (Å²) in [6.45, 7) is 2.90. The molecule has 2 aromatic rings. The van der Waals surface area contributed by atoms with Crippen LogP contribution < -0.4 is 4.74 Å². The van der Waals surface area contributed by atoms with Gasteiger partial charge in [0.25, 0.3) is 5.91 Å². The van der Waals surface area contributed by atoms with Gasteiger partial charge in [0.2, 0.25) is 0 Å². The number of hydrogen-bond acceptors (Lipinski definition) is 5. The summed E-state index contributed by atoms with van der Waals surface area (Å²) in [6, 6.07) is 13.2. The van der Waals surface area contributed by atoms with E-state index in [9.17, 15) is 9.90 Å². The molecule has 1 N–H and O–H groups in total. The highest BCUT2D eigenvalue weighted by Gasteiger charge is 2.47. The van der Waals surface area contributed by atoms with Gasteiger partial charge in [-0.25, -0.2) is 0 Å². The zero-order valence-corrected chi connectivity index (χ0v) is 16.3. The number of aliphatic hydroxyl groups is 1. The molecular weight excluding hydrogens is 354 g/mol. The summed E-state index contributed by atoms with van der Waals surface area (Å²) >= 11 is 0. The Labute approximate surface area is 165 Å². The van der Waals surface area contributed by atoms with Crippen molar-refractivity contribution in [2.75, 3.05) is 33.3 Å². The lowest BCUT2D eigenvalue weighted by Crippen LogP contribution is -2.61. The van der Waals surface area contributed by atoms with E-state index in [0.29, 0.717) is 31.0 Å². The predicted molar refractivity (Wildman–Crippen MR) is 106 cm³/mol. The van der Waals surface area contributed by atoms with Gasteiger partial charge in [-0.15, -0.1) is 0 Å². The van der Waals surface area contributed by atoms with Crippen LogP contribution in [0.1, 0.15) is 35.3 Å². The summed E-state index contributed by atoms with van der Waals surface area (Å²) in [5, 5.41) is 11.7. The lowest BCUT2D eigenvalue weighted by atomic mass is 9.79. The first kappa shape index (κ1) is 18.9. The van der Waals surface area contributed by atoms with E-state index in [2.05, 4.69) is 9.88 Å². The number of pyridine rings is 1. The van der Waals surface area contributed by atoms with E-state index in [4.69, 9.17) is 4.74 Å². The van der Waals surface area contributed by atoms with Crippen LogP contribution in [-0.2, 0) is 5.60 Å². The quantitative estimate of drug-likeness (QED) is 0.880. The molecule has 2 aliphatic heterocycles. The number of benzene rings is 1. The average molecular weight is 381 g/mol. The number of aromatic nitrogens is 1. The molecule has 0 radical (unpaired) electrons. The summed E-state index contributed by atoms with van der Waals surface area (Å²) in [7, 11) is 1.58. The molecule has 0 bridgehead atoms. The van der Waals surface area contributed by atoms with Gasteiger partial charge in [0, 0.05) is 25.4 Å². The number of methoxy groups -OCH3 is 1. The van der Waals surface area contributed by atoms with Crippen LogP contribution in [0.5, 0.6) is 5.75 Å². The maximum absolute atomic E-state index is 13.1. The second-order valence-corrected chi connectivity index (χ2v) is 7.63. The number of carbonyl (C=O) groups is 1. The summed E-state index contributed by atoms with van der Waals surface area (Å²) in [4.78, 5) is 21.5. The van der Waals surface area contributed by atoms with E-state index in [1.54, 1.807) is 25.4 Å². The van der Waals surface area contributed by atoms with Crippen LogP contribution in [0.15, 0.2) is 48.7 Å². The topological polar surface area (TPSA) is 65.9 Å². The molecule has 0 saturated carbocycles. The molecule has 0 aliphatic carbocycles. The van der Waals surface area contributed by atoms with E-state index >= 15 is 0 Å². The number of likely N-dealkylation sites (tertiary alicyclic amines) is 2. The van der Waals surface area contributed by atoms with Crippen molar-refractivity contribution in [2.24, 2.45) is 0 Å². The van der Waals surface area contributed by atoms with Gasteiger partial charge in [0.15, 0.2) is 0 Å². The van der Waals surface area contributed by atoms with Gasteiger partial charge < -0.3 is 14.7 Å².